The molecule has 0 aliphatic heterocycles. The smallest absolute Gasteiger partial charge is 0.263 e. The monoisotopic (exact) mass is 356 g/mol. The summed E-state index contributed by atoms with van der Waals surface area (Å²) in [5.41, 5.74) is 0. The van der Waals surface area contributed by atoms with Crippen LogP contribution in [0.3, 0.4) is 0 Å². The average molecular weight is 357 g/mol. The van der Waals surface area contributed by atoms with Gasteiger partial charge in [-0.25, -0.2) is 4.98 Å². The molecule has 3 aromatic rings. The molecule has 2 aromatic carbocycles. The van der Waals surface area contributed by atoms with E-state index in [9.17, 15) is 4.79 Å². The highest BCUT2D eigenvalue weighted by Crippen LogP contribution is 2.20. The molecule has 1 N–H and O–H groups in total. The maximum absolute atomic E-state index is 11.8. The van der Waals surface area contributed by atoms with Crippen LogP contribution in [0.1, 0.15) is 0 Å². The average Bonchev–Trinajstić information content (AvgIpc) is 2.55. The van der Waals surface area contributed by atoms with Crippen LogP contribution in [0.2, 0.25) is 0 Å². The number of ether oxygens (including phenoxy) is 1. The second-order valence-corrected chi connectivity index (χ2v) is 5.62. The van der Waals surface area contributed by atoms with Gasteiger partial charge in [-0.15, -0.1) is 0 Å². The molecule has 0 aliphatic carbocycles. The highest BCUT2D eigenvalue weighted by atomic mass is 79.9. The summed E-state index contributed by atoms with van der Waals surface area (Å²) < 4.78 is 6.38. The largest absolute Gasteiger partial charge is 0.484 e. The summed E-state index contributed by atoms with van der Waals surface area (Å²) in [5.74, 6) is 0.913. The molecule has 0 aliphatic rings. The van der Waals surface area contributed by atoms with E-state index < -0.39 is 0 Å². The zero-order valence-corrected chi connectivity index (χ0v) is 13.2. The number of hydrogen-bond donors (Lipinski definition) is 1. The third-order valence-electron chi connectivity index (χ3n) is 3.09. The minimum absolute atomic E-state index is 0.0594. The Kier molecular flexibility index (Phi) is 4.34. The number of halogens is 1. The zero-order valence-electron chi connectivity index (χ0n) is 11.6. The molecule has 0 fully saturated rings. The molecular formula is C17H13BrN2O2. The molecule has 0 radical (unpaired) electrons. The summed E-state index contributed by atoms with van der Waals surface area (Å²) in [4.78, 5) is 15.9. The van der Waals surface area contributed by atoms with Gasteiger partial charge in [-0.3, -0.25) is 4.79 Å². The maximum atomic E-state index is 11.8. The van der Waals surface area contributed by atoms with E-state index in [0.29, 0.717) is 11.6 Å². The minimum Gasteiger partial charge on any atom is -0.484 e. The third-order valence-corrected chi connectivity index (χ3v) is 3.55. The Morgan fingerprint density at radius 2 is 1.91 bits per heavy atom. The predicted octanol–water partition coefficient (Wildman–Crippen LogP) is 4.01. The summed E-state index contributed by atoms with van der Waals surface area (Å²) >= 11 is 3.29. The van der Waals surface area contributed by atoms with Gasteiger partial charge in [0.05, 0.1) is 0 Å². The summed E-state index contributed by atoms with van der Waals surface area (Å²) in [6, 6.07) is 17.3. The first-order valence-electron chi connectivity index (χ1n) is 6.74. The standard InChI is InChI=1S/C17H13BrN2O2/c18-14-6-8-16(19-10-14)20-17(21)11-22-15-7-5-12-3-1-2-4-13(12)9-15/h1-10H,11H2,(H,19,20,21). The summed E-state index contributed by atoms with van der Waals surface area (Å²) in [6.07, 6.45) is 1.62. The summed E-state index contributed by atoms with van der Waals surface area (Å²) in [5, 5.41) is 4.90. The van der Waals surface area contributed by atoms with E-state index >= 15 is 0 Å². The Balaban J connectivity index is 1.60. The Hall–Kier alpha value is -2.40. The first-order valence-corrected chi connectivity index (χ1v) is 7.53. The molecule has 1 heterocycles. The first-order chi connectivity index (χ1) is 10.7. The zero-order chi connectivity index (χ0) is 15.4. The van der Waals surface area contributed by atoms with Crippen LogP contribution in [0, 0.1) is 0 Å². The number of rotatable bonds is 4. The van der Waals surface area contributed by atoms with Crippen LogP contribution in [0.25, 0.3) is 10.8 Å². The normalized spacial score (nSPS) is 10.4. The highest BCUT2D eigenvalue weighted by molar-refractivity contribution is 9.10. The van der Waals surface area contributed by atoms with Crippen molar-refractivity contribution in [2.75, 3.05) is 11.9 Å². The van der Waals surface area contributed by atoms with E-state index in [-0.39, 0.29) is 12.5 Å². The van der Waals surface area contributed by atoms with Crippen LogP contribution >= 0.6 is 15.9 Å². The van der Waals surface area contributed by atoms with Crippen molar-refractivity contribution >= 4 is 38.4 Å². The van der Waals surface area contributed by atoms with Crippen molar-refractivity contribution in [2.24, 2.45) is 0 Å². The molecule has 1 aromatic heterocycles. The number of pyridine rings is 1. The van der Waals surface area contributed by atoms with Gasteiger partial charge in [-0.05, 0) is 51.0 Å². The Morgan fingerprint density at radius 1 is 1.09 bits per heavy atom. The number of carbonyl (C=O) groups excluding carboxylic acids is 1. The molecular weight excluding hydrogens is 344 g/mol. The SMILES string of the molecule is O=C(COc1ccc2ccccc2c1)Nc1ccc(Br)cn1. The molecule has 0 saturated heterocycles. The van der Waals surface area contributed by atoms with E-state index in [1.54, 1.807) is 12.3 Å². The molecule has 4 nitrogen and oxygen atoms in total. The lowest BCUT2D eigenvalue weighted by Gasteiger charge is -2.08. The van der Waals surface area contributed by atoms with E-state index in [1.807, 2.05) is 48.5 Å². The lowest BCUT2D eigenvalue weighted by atomic mass is 10.1. The Bertz CT molecular complexity index is 803. The van der Waals surface area contributed by atoms with Gasteiger partial charge < -0.3 is 10.1 Å². The fraction of sp³-hybridized carbons (Fsp3) is 0.0588. The van der Waals surface area contributed by atoms with Crippen molar-refractivity contribution in [1.82, 2.24) is 4.98 Å². The molecule has 5 heteroatoms. The number of anilines is 1. The molecule has 0 unspecified atom stereocenters. The highest BCUT2D eigenvalue weighted by Gasteiger charge is 2.05. The molecule has 0 atom stereocenters. The van der Waals surface area contributed by atoms with Crippen molar-refractivity contribution in [3.8, 4) is 5.75 Å². The van der Waals surface area contributed by atoms with E-state index in [4.69, 9.17) is 4.74 Å². The Labute approximate surface area is 136 Å². The minimum atomic E-state index is -0.247. The van der Waals surface area contributed by atoms with E-state index in [0.717, 1.165) is 15.2 Å². The molecule has 1 amide bonds. The quantitative estimate of drug-likeness (QED) is 0.768. The van der Waals surface area contributed by atoms with Gasteiger partial charge in [0.1, 0.15) is 11.6 Å². The number of carbonyl (C=O) groups is 1. The third kappa shape index (κ3) is 3.62. The van der Waals surface area contributed by atoms with Crippen LogP contribution < -0.4 is 10.1 Å². The molecule has 0 bridgehead atoms. The number of nitrogens with zero attached hydrogens (tertiary/aromatic N) is 1. The number of hydrogen-bond acceptors (Lipinski definition) is 3. The first kappa shape index (κ1) is 14.5. The molecule has 3 rings (SSSR count). The lowest BCUT2D eigenvalue weighted by Crippen LogP contribution is -2.20. The fourth-order valence-electron chi connectivity index (χ4n) is 2.03. The van der Waals surface area contributed by atoms with Crippen LogP contribution in [0.4, 0.5) is 5.82 Å². The Morgan fingerprint density at radius 3 is 2.68 bits per heavy atom. The number of nitrogens with one attached hydrogen (secondary N) is 1. The van der Waals surface area contributed by atoms with Gasteiger partial charge in [0.25, 0.3) is 5.91 Å². The van der Waals surface area contributed by atoms with Gasteiger partial charge in [0, 0.05) is 10.7 Å². The van der Waals surface area contributed by atoms with Crippen molar-refractivity contribution < 1.29 is 9.53 Å². The van der Waals surface area contributed by atoms with Crippen LogP contribution in [-0.2, 0) is 4.79 Å². The van der Waals surface area contributed by atoms with E-state index in [1.165, 1.54) is 0 Å². The number of benzene rings is 2. The van der Waals surface area contributed by atoms with Crippen LogP contribution in [0.15, 0.2) is 65.3 Å². The van der Waals surface area contributed by atoms with Gasteiger partial charge in [-0.1, -0.05) is 30.3 Å². The second-order valence-electron chi connectivity index (χ2n) is 4.71. The fourth-order valence-corrected chi connectivity index (χ4v) is 2.27. The summed E-state index contributed by atoms with van der Waals surface area (Å²) in [7, 11) is 0. The van der Waals surface area contributed by atoms with E-state index in [2.05, 4.69) is 26.2 Å². The van der Waals surface area contributed by atoms with Gasteiger partial charge >= 0.3 is 0 Å². The van der Waals surface area contributed by atoms with Crippen molar-refractivity contribution in [1.29, 1.82) is 0 Å². The topological polar surface area (TPSA) is 51.2 Å². The van der Waals surface area contributed by atoms with Crippen LogP contribution in [-0.4, -0.2) is 17.5 Å². The van der Waals surface area contributed by atoms with Crippen molar-refractivity contribution in [3.63, 3.8) is 0 Å². The predicted molar refractivity (Wildman–Crippen MR) is 90.0 cm³/mol. The second kappa shape index (κ2) is 6.58. The maximum Gasteiger partial charge on any atom is 0.263 e. The van der Waals surface area contributed by atoms with Gasteiger partial charge in [0.15, 0.2) is 6.61 Å². The summed E-state index contributed by atoms with van der Waals surface area (Å²) in [6.45, 7) is -0.0594. The molecule has 110 valence electrons. The lowest BCUT2D eigenvalue weighted by molar-refractivity contribution is -0.118. The molecule has 0 saturated carbocycles. The molecule has 22 heavy (non-hydrogen) atoms. The van der Waals surface area contributed by atoms with Crippen molar-refractivity contribution in [3.05, 3.63) is 65.3 Å². The van der Waals surface area contributed by atoms with Gasteiger partial charge in [-0.2, -0.15) is 0 Å². The van der Waals surface area contributed by atoms with Crippen LogP contribution in [0.5, 0.6) is 5.75 Å². The number of fused-ring (bicyclic) bond motifs is 1. The van der Waals surface area contributed by atoms with Gasteiger partial charge in [0.2, 0.25) is 0 Å². The number of amides is 1. The van der Waals surface area contributed by atoms with Crippen molar-refractivity contribution in [2.45, 2.75) is 0 Å². The molecule has 0 spiro atoms. The number of aromatic nitrogens is 1.